The molecule has 1 fully saturated rings. The average Bonchev–Trinajstić information content (AvgIpc) is 3.29. The second-order valence-corrected chi connectivity index (χ2v) is 7.33. The number of non-ortho nitro benzene ring substituents is 1. The minimum Gasteiger partial charge on any atom is -0.494 e. The molecule has 166 valence electrons. The molecule has 2 heterocycles. The third kappa shape index (κ3) is 3.72. The van der Waals surface area contributed by atoms with E-state index in [0.29, 0.717) is 18.7 Å². The molecular formula is C21H19FN4O6. The van der Waals surface area contributed by atoms with Crippen molar-refractivity contribution in [2.45, 2.75) is 19.8 Å². The van der Waals surface area contributed by atoms with Crippen LogP contribution in [0.1, 0.15) is 18.4 Å². The predicted molar refractivity (Wildman–Crippen MR) is 112 cm³/mol. The van der Waals surface area contributed by atoms with Crippen LogP contribution in [0.5, 0.6) is 11.8 Å². The Bertz CT molecular complexity index is 1300. The van der Waals surface area contributed by atoms with E-state index in [1.165, 1.54) is 30.2 Å². The molecule has 0 radical (unpaired) electrons. The van der Waals surface area contributed by atoms with Gasteiger partial charge in [0, 0.05) is 31.3 Å². The summed E-state index contributed by atoms with van der Waals surface area (Å²) in [6, 6.07) is 5.75. The van der Waals surface area contributed by atoms with Crippen molar-refractivity contribution in [1.29, 1.82) is 0 Å². The summed E-state index contributed by atoms with van der Waals surface area (Å²) >= 11 is 0. The lowest BCUT2D eigenvalue weighted by Gasteiger charge is -2.18. The molecule has 0 saturated carbocycles. The Balaban J connectivity index is 1.95. The SMILES string of the molecule is COc1ccc(-n2c(OC(=O)N3CCCC3)nc3c(C)cc([N+](=O)[O-])cc3c2=O)cc1F. The van der Waals surface area contributed by atoms with Crippen LogP contribution >= 0.6 is 0 Å². The molecule has 4 rings (SSSR count). The number of amides is 1. The highest BCUT2D eigenvalue weighted by atomic mass is 19.1. The number of nitro groups is 1. The van der Waals surface area contributed by atoms with Gasteiger partial charge in [0.1, 0.15) is 0 Å². The van der Waals surface area contributed by atoms with E-state index in [9.17, 15) is 24.1 Å². The first kappa shape index (κ1) is 21.2. The summed E-state index contributed by atoms with van der Waals surface area (Å²) in [6.45, 7) is 2.59. The molecule has 0 bridgehead atoms. The number of hydrogen-bond donors (Lipinski definition) is 0. The van der Waals surface area contributed by atoms with Crippen molar-refractivity contribution in [3.05, 3.63) is 62.2 Å². The van der Waals surface area contributed by atoms with E-state index in [4.69, 9.17) is 9.47 Å². The molecule has 1 amide bonds. The third-order valence-corrected chi connectivity index (χ3v) is 5.26. The summed E-state index contributed by atoms with van der Waals surface area (Å²) in [5.74, 6) is -0.790. The predicted octanol–water partition coefficient (Wildman–Crippen LogP) is 3.34. The van der Waals surface area contributed by atoms with Gasteiger partial charge < -0.3 is 14.4 Å². The van der Waals surface area contributed by atoms with Crippen molar-refractivity contribution < 1.29 is 23.6 Å². The maximum Gasteiger partial charge on any atom is 0.417 e. The first-order valence-electron chi connectivity index (χ1n) is 9.82. The molecule has 32 heavy (non-hydrogen) atoms. The van der Waals surface area contributed by atoms with Crippen molar-refractivity contribution in [3.63, 3.8) is 0 Å². The van der Waals surface area contributed by atoms with E-state index in [1.807, 2.05) is 0 Å². The molecule has 1 aliphatic heterocycles. The number of rotatable bonds is 4. The Morgan fingerprint density at radius 3 is 2.56 bits per heavy atom. The van der Waals surface area contributed by atoms with Crippen LogP contribution in [0.4, 0.5) is 14.9 Å². The highest BCUT2D eigenvalue weighted by Crippen LogP contribution is 2.27. The molecule has 0 spiro atoms. The molecule has 1 saturated heterocycles. The fourth-order valence-corrected chi connectivity index (χ4v) is 3.66. The van der Waals surface area contributed by atoms with Crippen LogP contribution in [0.25, 0.3) is 16.6 Å². The molecule has 1 aliphatic rings. The number of nitro benzene ring substituents is 1. The van der Waals surface area contributed by atoms with Gasteiger partial charge in [0.05, 0.1) is 28.6 Å². The van der Waals surface area contributed by atoms with Crippen LogP contribution in [0.2, 0.25) is 0 Å². The summed E-state index contributed by atoms with van der Waals surface area (Å²) in [4.78, 5) is 42.4. The van der Waals surface area contributed by atoms with E-state index in [1.54, 1.807) is 6.92 Å². The number of benzene rings is 2. The number of halogens is 1. The van der Waals surface area contributed by atoms with Crippen molar-refractivity contribution in [3.8, 4) is 17.4 Å². The van der Waals surface area contributed by atoms with Crippen LogP contribution in [0.3, 0.4) is 0 Å². The number of likely N-dealkylation sites (tertiary alicyclic amines) is 1. The summed E-state index contributed by atoms with van der Waals surface area (Å²) in [7, 11) is 1.30. The summed E-state index contributed by atoms with van der Waals surface area (Å²) < 4.78 is 25.7. The molecule has 3 aromatic rings. The number of carbonyl (C=O) groups is 1. The summed E-state index contributed by atoms with van der Waals surface area (Å²) in [5.41, 5.74) is -0.497. The topological polar surface area (TPSA) is 117 Å². The lowest BCUT2D eigenvalue weighted by Crippen LogP contribution is -2.33. The number of hydrogen-bond acceptors (Lipinski definition) is 7. The largest absolute Gasteiger partial charge is 0.494 e. The molecule has 11 heteroatoms. The number of methoxy groups -OCH3 is 1. The van der Waals surface area contributed by atoms with Crippen LogP contribution < -0.4 is 15.0 Å². The fraction of sp³-hybridized carbons (Fsp3) is 0.286. The quantitative estimate of drug-likeness (QED) is 0.449. The Labute approximate surface area is 180 Å². The van der Waals surface area contributed by atoms with E-state index < -0.39 is 22.4 Å². The number of fused-ring (bicyclic) bond motifs is 1. The molecule has 2 aromatic carbocycles. The van der Waals surface area contributed by atoms with E-state index in [0.717, 1.165) is 29.5 Å². The molecule has 0 N–H and O–H groups in total. The van der Waals surface area contributed by atoms with E-state index in [-0.39, 0.29) is 34.0 Å². The number of nitrogens with zero attached hydrogens (tertiary/aromatic N) is 4. The second-order valence-electron chi connectivity index (χ2n) is 7.33. The molecule has 0 atom stereocenters. The Kier molecular flexibility index (Phi) is 5.47. The van der Waals surface area contributed by atoms with Crippen LogP contribution in [0, 0.1) is 22.9 Å². The standard InChI is InChI=1S/C21H19FN4O6/c1-12-9-14(26(29)30)10-15-18(12)23-20(32-21(28)24-7-3-4-8-24)25(19(15)27)13-5-6-17(31-2)16(22)11-13/h5-6,9-11H,3-4,7-8H2,1-2H3. The van der Waals surface area contributed by atoms with Crippen molar-refractivity contribution >= 4 is 22.7 Å². The zero-order valence-electron chi connectivity index (χ0n) is 17.3. The lowest BCUT2D eigenvalue weighted by molar-refractivity contribution is -0.384. The van der Waals surface area contributed by atoms with Crippen molar-refractivity contribution in [2.24, 2.45) is 0 Å². The molecule has 0 unspecified atom stereocenters. The molecule has 0 aliphatic carbocycles. The number of aryl methyl sites for hydroxylation is 1. The van der Waals surface area contributed by atoms with E-state index >= 15 is 0 Å². The monoisotopic (exact) mass is 442 g/mol. The zero-order valence-corrected chi connectivity index (χ0v) is 17.3. The van der Waals surface area contributed by atoms with Gasteiger partial charge in [-0.1, -0.05) is 0 Å². The maximum atomic E-state index is 14.4. The fourth-order valence-electron chi connectivity index (χ4n) is 3.66. The normalized spacial score (nSPS) is 13.4. The molecule has 10 nitrogen and oxygen atoms in total. The minimum atomic E-state index is -0.746. The Morgan fingerprint density at radius 2 is 1.94 bits per heavy atom. The highest BCUT2D eigenvalue weighted by Gasteiger charge is 2.25. The van der Waals surface area contributed by atoms with Crippen LogP contribution in [-0.4, -0.2) is 45.7 Å². The molecule has 1 aromatic heterocycles. The van der Waals surface area contributed by atoms with Gasteiger partial charge in [-0.3, -0.25) is 14.9 Å². The maximum absolute atomic E-state index is 14.4. The van der Waals surface area contributed by atoms with Gasteiger partial charge in [0.15, 0.2) is 11.6 Å². The highest BCUT2D eigenvalue weighted by molar-refractivity contribution is 5.84. The second kappa shape index (κ2) is 8.25. The minimum absolute atomic E-state index is 0.0241. The lowest BCUT2D eigenvalue weighted by atomic mass is 10.1. The smallest absolute Gasteiger partial charge is 0.417 e. The van der Waals surface area contributed by atoms with E-state index in [2.05, 4.69) is 4.98 Å². The number of ether oxygens (including phenoxy) is 2. The third-order valence-electron chi connectivity index (χ3n) is 5.26. The van der Waals surface area contributed by atoms with Gasteiger partial charge in [-0.2, -0.15) is 4.98 Å². The molecular weight excluding hydrogens is 423 g/mol. The van der Waals surface area contributed by atoms with Crippen molar-refractivity contribution in [1.82, 2.24) is 14.5 Å². The Hall–Kier alpha value is -4.02. The van der Waals surface area contributed by atoms with Crippen LogP contribution in [-0.2, 0) is 0 Å². The van der Waals surface area contributed by atoms with Gasteiger partial charge in [-0.05, 0) is 37.5 Å². The summed E-state index contributed by atoms with van der Waals surface area (Å²) in [5, 5.41) is 11.2. The van der Waals surface area contributed by atoms with Gasteiger partial charge in [-0.25, -0.2) is 13.8 Å². The first-order valence-corrected chi connectivity index (χ1v) is 9.82. The van der Waals surface area contributed by atoms with Gasteiger partial charge in [-0.15, -0.1) is 0 Å². The van der Waals surface area contributed by atoms with Crippen molar-refractivity contribution in [2.75, 3.05) is 20.2 Å². The number of carbonyl (C=O) groups excluding carboxylic acids is 1. The van der Waals surface area contributed by atoms with Crippen LogP contribution in [0.15, 0.2) is 35.1 Å². The first-order chi connectivity index (χ1) is 15.3. The number of aromatic nitrogens is 2. The van der Waals surface area contributed by atoms with Gasteiger partial charge in [0.25, 0.3) is 11.2 Å². The summed E-state index contributed by atoms with van der Waals surface area (Å²) in [6.07, 6.45) is 0.982. The van der Waals surface area contributed by atoms with Gasteiger partial charge >= 0.3 is 12.1 Å². The van der Waals surface area contributed by atoms with Gasteiger partial charge in [0.2, 0.25) is 0 Å². The average molecular weight is 442 g/mol. The zero-order chi connectivity index (χ0) is 23.0. The Morgan fingerprint density at radius 1 is 1.22 bits per heavy atom.